The molecule has 0 aromatic rings. The molecule has 1 unspecified atom stereocenters. The molecule has 1 aliphatic rings. The lowest BCUT2D eigenvalue weighted by Gasteiger charge is -2.28. The Hall–Kier alpha value is -0.650. The molecule has 5 heteroatoms. The molecule has 1 aliphatic heterocycles. The van der Waals surface area contributed by atoms with E-state index < -0.39 is 0 Å². The summed E-state index contributed by atoms with van der Waals surface area (Å²) in [6, 6.07) is -0.0854. The van der Waals surface area contributed by atoms with Gasteiger partial charge in [-0.15, -0.1) is 0 Å². The van der Waals surface area contributed by atoms with E-state index in [0.29, 0.717) is 19.7 Å². The predicted molar refractivity (Wildman–Crippen MR) is 63.4 cm³/mol. The number of carbonyl (C=O) groups is 1. The molecule has 0 spiro atoms. The molecule has 0 aliphatic carbocycles. The first-order valence-electron chi connectivity index (χ1n) is 5.92. The Balaban J connectivity index is 2.23. The largest absolute Gasteiger partial charge is 0.377 e. The fourth-order valence-corrected chi connectivity index (χ4v) is 1.63. The Kier molecular flexibility index (Phi) is 5.73. The minimum absolute atomic E-state index is 0.0854. The SMILES string of the molecule is CC(C)OCCN(C)C(=O)C1CNCCN1. The average Bonchev–Trinajstić information content (AvgIpc) is 2.28. The minimum atomic E-state index is -0.0854. The number of amides is 1. The van der Waals surface area contributed by atoms with Crippen LogP contribution >= 0.6 is 0 Å². The first-order chi connectivity index (χ1) is 7.61. The number of rotatable bonds is 5. The van der Waals surface area contributed by atoms with Crippen LogP contribution in [-0.4, -0.2) is 62.8 Å². The van der Waals surface area contributed by atoms with E-state index in [-0.39, 0.29) is 18.1 Å². The molecular formula is C11H23N3O2. The van der Waals surface area contributed by atoms with Crippen molar-refractivity contribution in [2.75, 3.05) is 39.8 Å². The van der Waals surface area contributed by atoms with Gasteiger partial charge in [-0.25, -0.2) is 0 Å². The summed E-state index contributed by atoms with van der Waals surface area (Å²) < 4.78 is 5.42. The van der Waals surface area contributed by atoms with Crippen LogP contribution in [0.2, 0.25) is 0 Å². The van der Waals surface area contributed by atoms with Crippen LogP contribution in [0.15, 0.2) is 0 Å². The van der Waals surface area contributed by atoms with E-state index in [9.17, 15) is 4.79 Å². The Labute approximate surface area is 97.5 Å². The molecule has 0 bridgehead atoms. The molecule has 1 fully saturated rings. The highest BCUT2D eigenvalue weighted by Gasteiger charge is 2.23. The van der Waals surface area contributed by atoms with Crippen molar-refractivity contribution in [3.63, 3.8) is 0 Å². The summed E-state index contributed by atoms with van der Waals surface area (Å²) in [6.45, 7) is 7.74. The number of hydrogen-bond acceptors (Lipinski definition) is 4. The Morgan fingerprint density at radius 3 is 2.81 bits per heavy atom. The number of nitrogens with zero attached hydrogens (tertiary/aromatic N) is 1. The zero-order chi connectivity index (χ0) is 12.0. The first-order valence-corrected chi connectivity index (χ1v) is 5.92. The molecule has 1 heterocycles. The van der Waals surface area contributed by atoms with Gasteiger partial charge in [-0.3, -0.25) is 4.79 Å². The van der Waals surface area contributed by atoms with Gasteiger partial charge in [0.15, 0.2) is 0 Å². The number of carbonyl (C=O) groups excluding carboxylic acids is 1. The van der Waals surface area contributed by atoms with Crippen LogP contribution in [0.4, 0.5) is 0 Å². The fraction of sp³-hybridized carbons (Fsp3) is 0.909. The standard InChI is InChI=1S/C11H23N3O2/c1-9(2)16-7-6-14(3)11(15)10-8-12-4-5-13-10/h9-10,12-13H,4-8H2,1-3H3. The van der Waals surface area contributed by atoms with Gasteiger partial charge >= 0.3 is 0 Å². The van der Waals surface area contributed by atoms with Gasteiger partial charge < -0.3 is 20.3 Å². The van der Waals surface area contributed by atoms with Crippen molar-refractivity contribution in [3.8, 4) is 0 Å². The second-order valence-corrected chi connectivity index (χ2v) is 4.39. The summed E-state index contributed by atoms with van der Waals surface area (Å²) in [4.78, 5) is 13.7. The molecule has 0 saturated carbocycles. The molecule has 1 atom stereocenters. The molecule has 1 amide bonds. The van der Waals surface area contributed by atoms with E-state index >= 15 is 0 Å². The monoisotopic (exact) mass is 229 g/mol. The maximum Gasteiger partial charge on any atom is 0.240 e. The minimum Gasteiger partial charge on any atom is -0.377 e. The van der Waals surface area contributed by atoms with Crippen LogP contribution in [0.3, 0.4) is 0 Å². The number of hydrogen-bond donors (Lipinski definition) is 2. The Morgan fingerprint density at radius 2 is 2.25 bits per heavy atom. The van der Waals surface area contributed by atoms with Crippen LogP contribution in [0.5, 0.6) is 0 Å². The molecule has 0 radical (unpaired) electrons. The molecule has 94 valence electrons. The van der Waals surface area contributed by atoms with Crippen LogP contribution in [0.1, 0.15) is 13.8 Å². The van der Waals surface area contributed by atoms with Crippen molar-refractivity contribution in [2.45, 2.75) is 26.0 Å². The van der Waals surface area contributed by atoms with Crippen molar-refractivity contribution in [3.05, 3.63) is 0 Å². The van der Waals surface area contributed by atoms with E-state index in [4.69, 9.17) is 4.74 Å². The lowest BCUT2D eigenvalue weighted by atomic mass is 10.2. The van der Waals surface area contributed by atoms with Crippen molar-refractivity contribution in [1.29, 1.82) is 0 Å². The Bertz CT molecular complexity index is 215. The maximum absolute atomic E-state index is 11.9. The maximum atomic E-state index is 11.9. The van der Waals surface area contributed by atoms with Crippen LogP contribution in [-0.2, 0) is 9.53 Å². The van der Waals surface area contributed by atoms with E-state index in [1.165, 1.54) is 0 Å². The van der Waals surface area contributed by atoms with Gasteiger partial charge in [0.05, 0.1) is 18.8 Å². The normalized spacial score (nSPS) is 21.1. The zero-order valence-electron chi connectivity index (χ0n) is 10.5. The van der Waals surface area contributed by atoms with Gasteiger partial charge in [0.1, 0.15) is 0 Å². The molecule has 5 nitrogen and oxygen atoms in total. The molecule has 0 aromatic heterocycles. The van der Waals surface area contributed by atoms with Crippen molar-refractivity contribution >= 4 is 5.91 Å². The molecule has 1 saturated heterocycles. The summed E-state index contributed by atoms with van der Waals surface area (Å²) in [5.41, 5.74) is 0. The smallest absolute Gasteiger partial charge is 0.240 e. The van der Waals surface area contributed by atoms with Crippen LogP contribution in [0, 0.1) is 0 Å². The number of likely N-dealkylation sites (N-methyl/N-ethyl adjacent to an activating group) is 1. The predicted octanol–water partition coefficient (Wildman–Crippen LogP) is -0.569. The van der Waals surface area contributed by atoms with E-state index in [0.717, 1.165) is 13.1 Å². The number of piperazine rings is 1. The number of ether oxygens (including phenoxy) is 1. The second kappa shape index (κ2) is 6.83. The summed E-state index contributed by atoms with van der Waals surface area (Å²) in [7, 11) is 1.82. The van der Waals surface area contributed by atoms with Gasteiger partial charge in [0.25, 0.3) is 0 Å². The van der Waals surface area contributed by atoms with Gasteiger partial charge in [0.2, 0.25) is 5.91 Å². The first kappa shape index (κ1) is 13.4. The summed E-state index contributed by atoms with van der Waals surface area (Å²) in [6.07, 6.45) is 0.220. The van der Waals surface area contributed by atoms with Gasteiger partial charge in [-0.1, -0.05) is 0 Å². The van der Waals surface area contributed by atoms with Crippen LogP contribution in [0.25, 0.3) is 0 Å². The van der Waals surface area contributed by atoms with E-state index in [1.54, 1.807) is 4.90 Å². The van der Waals surface area contributed by atoms with Gasteiger partial charge in [-0.05, 0) is 13.8 Å². The highest BCUT2D eigenvalue weighted by Crippen LogP contribution is 1.96. The van der Waals surface area contributed by atoms with E-state index in [1.807, 2.05) is 20.9 Å². The second-order valence-electron chi connectivity index (χ2n) is 4.39. The fourth-order valence-electron chi connectivity index (χ4n) is 1.63. The quantitative estimate of drug-likeness (QED) is 0.663. The molecular weight excluding hydrogens is 206 g/mol. The third-order valence-electron chi connectivity index (χ3n) is 2.59. The van der Waals surface area contributed by atoms with Gasteiger partial charge in [0, 0.05) is 33.2 Å². The zero-order valence-corrected chi connectivity index (χ0v) is 10.5. The van der Waals surface area contributed by atoms with Crippen molar-refractivity contribution in [2.24, 2.45) is 0 Å². The highest BCUT2D eigenvalue weighted by atomic mass is 16.5. The molecule has 1 rings (SSSR count). The van der Waals surface area contributed by atoms with Gasteiger partial charge in [-0.2, -0.15) is 0 Å². The summed E-state index contributed by atoms with van der Waals surface area (Å²) in [5.74, 6) is 0.138. The third-order valence-corrected chi connectivity index (χ3v) is 2.59. The molecule has 2 N–H and O–H groups in total. The Morgan fingerprint density at radius 1 is 1.50 bits per heavy atom. The lowest BCUT2D eigenvalue weighted by molar-refractivity contribution is -0.133. The third kappa shape index (κ3) is 4.47. The van der Waals surface area contributed by atoms with E-state index in [2.05, 4.69) is 10.6 Å². The lowest BCUT2D eigenvalue weighted by Crippen LogP contribution is -2.56. The average molecular weight is 229 g/mol. The summed E-state index contributed by atoms with van der Waals surface area (Å²) in [5, 5.41) is 6.41. The number of nitrogens with one attached hydrogen (secondary N) is 2. The van der Waals surface area contributed by atoms with Crippen molar-refractivity contribution in [1.82, 2.24) is 15.5 Å². The molecule has 0 aromatic carbocycles. The summed E-state index contributed by atoms with van der Waals surface area (Å²) >= 11 is 0. The topological polar surface area (TPSA) is 53.6 Å². The highest BCUT2D eigenvalue weighted by molar-refractivity contribution is 5.82. The van der Waals surface area contributed by atoms with Crippen molar-refractivity contribution < 1.29 is 9.53 Å². The van der Waals surface area contributed by atoms with Crippen LogP contribution < -0.4 is 10.6 Å². The molecule has 16 heavy (non-hydrogen) atoms.